The average molecular weight is 742 g/mol. The van der Waals surface area contributed by atoms with Crippen LogP contribution in [0, 0.1) is 17.8 Å². The second-order valence-electron chi connectivity index (χ2n) is 15.8. The number of aliphatic hydroxyl groups is 1. The Morgan fingerprint density at radius 3 is 2.00 bits per heavy atom. The van der Waals surface area contributed by atoms with E-state index in [-0.39, 0.29) is 30.4 Å². The van der Waals surface area contributed by atoms with Gasteiger partial charge in [0.1, 0.15) is 5.69 Å². The Hall–Kier alpha value is -4.41. The summed E-state index contributed by atoms with van der Waals surface area (Å²) in [7, 11) is 0. The summed E-state index contributed by atoms with van der Waals surface area (Å²) < 4.78 is 19.7. The highest BCUT2D eigenvalue weighted by molar-refractivity contribution is 7.99. The minimum absolute atomic E-state index is 0.00593. The lowest BCUT2D eigenvalue weighted by Gasteiger charge is -2.56. The van der Waals surface area contributed by atoms with Crippen LogP contribution >= 0.6 is 11.8 Å². The van der Waals surface area contributed by atoms with E-state index in [9.17, 15) is 9.90 Å². The number of carbonyl (C=O) groups is 1. The summed E-state index contributed by atoms with van der Waals surface area (Å²) in [6.07, 6.45) is 7.17. The molecule has 2 heterocycles. The number of aliphatic hydroxyl groups excluding tert-OH is 1. The number of aromatic nitrogens is 1. The summed E-state index contributed by atoms with van der Waals surface area (Å²) in [6, 6.07) is 36.2. The Kier molecular flexibility index (Phi) is 10.1. The smallest absolute Gasteiger partial charge is 0.315 e. The summed E-state index contributed by atoms with van der Waals surface area (Å²) >= 11 is 1.55. The van der Waals surface area contributed by atoms with Crippen LogP contribution in [0.4, 0.5) is 4.79 Å². The zero-order valence-corrected chi connectivity index (χ0v) is 31.2. The first kappa shape index (κ1) is 35.3. The normalized spacial score (nSPS) is 27.1. The fourth-order valence-corrected chi connectivity index (χ4v) is 10.5. The van der Waals surface area contributed by atoms with E-state index < -0.39 is 6.29 Å². The fourth-order valence-electron chi connectivity index (χ4n) is 9.65. The van der Waals surface area contributed by atoms with Crippen molar-refractivity contribution < 1.29 is 23.8 Å². The standard InChI is InChI=1S/C45H47N3O5S/c49-27-30-13-15-34(16-14-30)39-22-38(28-54-44-47-40(35-7-3-1-4-8-35)41(53-44)36-9-5-2-6-10-36)51-42(52-39)37-17-11-29(12-18-37)26-46-43(50)48-45-23-31-19-32(24-45)21-33(20-31)25-45/h1-18,31-33,38-39,42,49H,19-28H2,(H2,46,48,50). The third kappa shape index (κ3) is 7.73. The van der Waals surface area contributed by atoms with Gasteiger partial charge < -0.3 is 29.6 Å². The summed E-state index contributed by atoms with van der Waals surface area (Å²) in [4.78, 5) is 18.1. The monoisotopic (exact) mass is 741 g/mol. The quantitative estimate of drug-likeness (QED) is 0.116. The summed E-state index contributed by atoms with van der Waals surface area (Å²) in [5, 5.41) is 16.8. The van der Waals surface area contributed by atoms with Crippen molar-refractivity contribution in [3.05, 3.63) is 131 Å². The number of hydrogen-bond acceptors (Lipinski definition) is 7. The van der Waals surface area contributed by atoms with Crippen molar-refractivity contribution in [2.24, 2.45) is 17.8 Å². The number of carbonyl (C=O) groups excluding carboxylic acids is 1. The second-order valence-corrected chi connectivity index (χ2v) is 16.8. The predicted molar refractivity (Wildman–Crippen MR) is 209 cm³/mol. The van der Waals surface area contributed by atoms with Crippen molar-refractivity contribution in [3.63, 3.8) is 0 Å². The summed E-state index contributed by atoms with van der Waals surface area (Å²) in [6.45, 7) is 0.448. The molecule has 9 heteroatoms. The molecule has 8 nitrogen and oxygen atoms in total. The van der Waals surface area contributed by atoms with Crippen molar-refractivity contribution in [1.29, 1.82) is 0 Å². The van der Waals surface area contributed by atoms with Gasteiger partial charge in [0, 0.05) is 40.9 Å². The highest BCUT2D eigenvalue weighted by Crippen LogP contribution is 2.55. The van der Waals surface area contributed by atoms with E-state index in [1.807, 2.05) is 97.1 Å². The van der Waals surface area contributed by atoms with Gasteiger partial charge in [-0.25, -0.2) is 9.78 Å². The Morgan fingerprint density at radius 2 is 1.35 bits per heavy atom. The highest BCUT2D eigenvalue weighted by Gasteiger charge is 2.51. The molecule has 3 N–H and O–H groups in total. The lowest BCUT2D eigenvalue weighted by Crippen LogP contribution is -2.61. The van der Waals surface area contributed by atoms with E-state index in [0.717, 1.165) is 81.9 Å². The van der Waals surface area contributed by atoms with Gasteiger partial charge in [-0.3, -0.25) is 0 Å². The Bertz CT molecular complexity index is 1940. The predicted octanol–water partition coefficient (Wildman–Crippen LogP) is 9.61. The zero-order chi connectivity index (χ0) is 36.5. The van der Waals surface area contributed by atoms with Crippen molar-refractivity contribution in [2.45, 2.75) is 87.4 Å². The lowest BCUT2D eigenvalue weighted by molar-refractivity contribution is -0.245. The van der Waals surface area contributed by atoms with Crippen LogP contribution in [0.2, 0.25) is 0 Å². The number of ether oxygens (including phenoxy) is 2. The number of nitrogens with zero attached hydrogens (tertiary/aromatic N) is 1. The number of thioether (sulfide) groups is 1. The lowest BCUT2D eigenvalue weighted by atomic mass is 9.53. The van der Waals surface area contributed by atoms with Crippen LogP contribution in [0.3, 0.4) is 0 Å². The van der Waals surface area contributed by atoms with Gasteiger partial charge in [0.15, 0.2) is 12.1 Å². The molecule has 4 bridgehead atoms. The number of oxazole rings is 1. The molecule has 4 aliphatic carbocycles. The molecular weight excluding hydrogens is 695 g/mol. The minimum atomic E-state index is -0.586. The molecule has 5 aromatic rings. The van der Waals surface area contributed by atoms with Gasteiger partial charge in [0.05, 0.1) is 18.8 Å². The average Bonchev–Trinajstić information content (AvgIpc) is 3.64. The number of hydrogen-bond donors (Lipinski definition) is 3. The molecule has 1 saturated heterocycles. The third-order valence-corrected chi connectivity index (χ3v) is 12.8. The van der Waals surface area contributed by atoms with E-state index in [2.05, 4.69) is 22.8 Å². The molecule has 3 unspecified atom stereocenters. The van der Waals surface area contributed by atoms with Crippen molar-refractivity contribution in [3.8, 4) is 22.6 Å². The number of nitrogens with one attached hydrogen (secondary N) is 2. The molecule has 5 aliphatic rings. The second kappa shape index (κ2) is 15.4. The van der Waals surface area contributed by atoms with E-state index in [0.29, 0.717) is 23.9 Å². The zero-order valence-electron chi connectivity index (χ0n) is 30.4. The van der Waals surface area contributed by atoms with Crippen LogP contribution in [0.15, 0.2) is 119 Å². The molecule has 4 saturated carbocycles. The molecule has 3 atom stereocenters. The van der Waals surface area contributed by atoms with Gasteiger partial charge in [-0.1, -0.05) is 121 Å². The van der Waals surface area contributed by atoms with Crippen molar-refractivity contribution in [2.75, 3.05) is 5.75 Å². The van der Waals surface area contributed by atoms with Crippen LogP contribution in [-0.4, -0.2) is 33.5 Å². The number of benzene rings is 4. The van der Waals surface area contributed by atoms with E-state index in [4.69, 9.17) is 18.9 Å². The number of amides is 2. The molecular formula is C45H47N3O5S. The van der Waals surface area contributed by atoms with Gasteiger partial charge in [0.25, 0.3) is 5.22 Å². The minimum Gasteiger partial charge on any atom is -0.431 e. The first-order valence-corrected chi connectivity index (χ1v) is 20.4. The molecule has 1 aromatic heterocycles. The maximum absolute atomic E-state index is 13.1. The largest absolute Gasteiger partial charge is 0.431 e. The first-order valence-electron chi connectivity index (χ1n) is 19.4. The molecule has 5 fully saturated rings. The Labute approximate surface area is 321 Å². The third-order valence-electron chi connectivity index (χ3n) is 11.8. The van der Waals surface area contributed by atoms with Crippen LogP contribution in [-0.2, 0) is 22.6 Å². The number of rotatable bonds is 11. The summed E-state index contributed by atoms with van der Waals surface area (Å²) in [5.41, 5.74) is 6.62. The van der Waals surface area contributed by atoms with Gasteiger partial charge in [-0.2, -0.15) is 0 Å². The summed E-state index contributed by atoms with van der Waals surface area (Å²) in [5.74, 6) is 3.72. The van der Waals surface area contributed by atoms with Gasteiger partial charge >= 0.3 is 6.03 Å². The SMILES string of the molecule is O=C(NCc1ccc(C2OC(CSc3nc(-c4ccccc4)c(-c4ccccc4)o3)CC(c3ccc(CO)cc3)O2)cc1)NC12CC3CC(CC(C3)C1)C2. The van der Waals surface area contributed by atoms with E-state index in [1.165, 1.54) is 19.3 Å². The van der Waals surface area contributed by atoms with Crippen LogP contribution in [0.25, 0.3) is 22.6 Å². The molecule has 10 rings (SSSR count). The Balaban J connectivity index is 0.882. The highest BCUT2D eigenvalue weighted by atomic mass is 32.2. The van der Waals surface area contributed by atoms with Crippen molar-refractivity contribution >= 4 is 17.8 Å². The molecule has 0 spiro atoms. The van der Waals surface area contributed by atoms with Gasteiger partial charge in [-0.15, -0.1) is 0 Å². The maximum Gasteiger partial charge on any atom is 0.315 e. The van der Waals surface area contributed by atoms with Gasteiger partial charge in [0.2, 0.25) is 0 Å². The molecule has 1 aliphatic heterocycles. The fraction of sp³-hybridized carbons (Fsp3) is 0.378. The first-order chi connectivity index (χ1) is 26.5. The van der Waals surface area contributed by atoms with Crippen LogP contribution < -0.4 is 10.6 Å². The van der Waals surface area contributed by atoms with E-state index >= 15 is 0 Å². The molecule has 278 valence electrons. The molecule has 0 radical (unpaired) electrons. The number of urea groups is 1. The molecule has 4 aromatic carbocycles. The van der Waals surface area contributed by atoms with Crippen LogP contribution in [0.5, 0.6) is 0 Å². The van der Waals surface area contributed by atoms with E-state index in [1.54, 1.807) is 11.8 Å². The topological polar surface area (TPSA) is 106 Å². The maximum atomic E-state index is 13.1. The van der Waals surface area contributed by atoms with Crippen LogP contribution in [0.1, 0.15) is 79.6 Å². The Morgan fingerprint density at radius 1 is 0.741 bits per heavy atom. The molecule has 54 heavy (non-hydrogen) atoms. The van der Waals surface area contributed by atoms with Crippen molar-refractivity contribution in [1.82, 2.24) is 15.6 Å². The van der Waals surface area contributed by atoms with Gasteiger partial charge in [-0.05, 0) is 73.0 Å². The molecule has 2 amide bonds.